The fourth-order valence-electron chi connectivity index (χ4n) is 2.40. The van der Waals surface area contributed by atoms with E-state index in [4.69, 9.17) is 16.0 Å². The second-order valence-electron chi connectivity index (χ2n) is 5.01. The number of nitrogens with two attached hydrogens (primary N) is 1. The van der Waals surface area contributed by atoms with Gasteiger partial charge in [-0.15, -0.1) is 0 Å². The maximum atomic E-state index is 14.2. The lowest BCUT2D eigenvalue weighted by atomic mass is 9.90. The highest BCUT2D eigenvalue weighted by molar-refractivity contribution is 5.97. The molecule has 5 nitrogen and oxygen atoms in total. The van der Waals surface area contributed by atoms with Gasteiger partial charge in [0.15, 0.2) is 5.84 Å². The van der Waals surface area contributed by atoms with Crippen LogP contribution >= 0.6 is 0 Å². The largest absolute Gasteiger partial charge is 0.409 e. The number of aliphatic hydroxyl groups is 1. The van der Waals surface area contributed by atoms with Crippen molar-refractivity contribution in [2.75, 3.05) is 18.1 Å². The van der Waals surface area contributed by atoms with Crippen LogP contribution in [0.15, 0.2) is 23.4 Å². The molecule has 6 heteroatoms. The van der Waals surface area contributed by atoms with Gasteiger partial charge in [-0.05, 0) is 43.9 Å². The molecule has 1 saturated carbocycles. The second kappa shape index (κ2) is 6.56. The Morgan fingerprint density at radius 3 is 2.70 bits per heavy atom. The number of benzene rings is 1. The van der Waals surface area contributed by atoms with Crippen LogP contribution in [0.2, 0.25) is 0 Å². The Kier molecular flexibility index (Phi) is 4.79. The number of halogens is 1. The van der Waals surface area contributed by atoms with Crippen molar-refractivity contribution in [2.24, 2.45) is 10.9 Å². The Labute approximate surface area is 117 Å². The van der Waals surface area contributed by atoms with Gasteiger partial charge in [-0.25, -0.2) is 4.39 Å². The minimum atomic E-state index is -0.390. The van der Waals surface area contributed by atoms with Crippen LogP contribution in [0.3, 0.4) is 0 Å². The fraction of sp³-hybridized carbons (Fsp3) is 0.500. The highest BCUT2D eigenvalue weighted by Gasteiger charge is 2.26. The zero-order chi connectivity index (χ0) is 14.5. The molecule has 0 heterocycles. The van der Waals surface area contributed by atoms with Crippen molar-refractivity contribution >= 4 is 11.5 Å². The third-order valence-electron chi connectivity index (χ3n) is 3.73. The number of rotatable bonds is 6. The summed E-state index contributed by atoms with van der Waals surface area (Å²) in [6, 6.07) is 4.90. The lowest BCUT2D eigenvalue weighted by Gasteiger charge is -2.39. The van der Waals surface area contributed by atoms with Crippen LogP contribution in [-0.2, 0) is 0 Å². The zero-order valence-electron chi connectivity index (χ0n) is 11.3. The van der Waals surface area contributed by atoms with Crippen LogP contribution in [0.25, 0.3) is 0 Å². The highest BCUT2D eigenvalue weighted by Crippen LogP contribution is 2.31. The minimum absolute atomic E-state index is 0.0903. The Balaban J connectivity index is 2.23. The van der Waals surface area contributed by atoms with E-state index in [-0.39, 0.29) is 18.3 Å². The molecule has 0 bridgehead atoms. The van der Waals surface area contributed by atoms with Gasteiger partial charge < -0.3 is 20.9 Å². The molecule has 1 aliphatic rings. The molecule has 0 amide bonds. The Hall–Kier alpha value is -1.82. The summed E-state index contributed by atoms with van der Waals surface area (Å²) in [4.78, 5) is 2.01. The van der Waals surface area contributed by atoms with E-state index in [1.807, 2.05) is 4.90 Å². The predicted octanol–water partition coefficient (Wildman–Crippen LogP) is 1.66. The molecular formula is C14H20FN3O2. The number of amidine groups is 1. The standard InChI is InChI=1S/C14H20FN3O2/c15-12-9-10(14(16)17-20)5-6-13(12)18(7-2-8-19)11-3-1-4-11/h5-6,9,11,19-20H,1-4,7-8H2,(H2,16,17). The monoisotopic (exact) mass is 281 g/mol. The maximum Gasteiger partial charge on any atom is 0.170 e. The van der Waals surface area contributed by atoms with Crippen molar-refractivity contribution in [1.82, 2.24) is 0 Å². The van der Waals surface area contributed by atoms with E-state index < -0.39 is 0 Å². The molecule has 110 valence electrons. The Morgan fingerprint density at radius 1 is 1.45 bits per heavy atom. The van der Waals surface area contributed by atoms with E-state index in [9.17, 15) is 4.39 Å². The molecule has 0 aliphatic heterocycles. The normalized spacial score (nSPS) is 16.0. The van der Waals surface area contributed by atoms with E-state index in [1.165, 1.54) is 6.07 Å². The molecule has 0 spiro atoms. The van der Waals surface area contributed by atoms with E-state index in [2.05, 4.69) is 5.16 Å². The molecule has 4 N–H and O–H groups in total. The number of anilines is 1. The molecule has 0 saturated heterocycles. The average molecular weight is 281 g/mol. The lowest BCUT2D eigenvalue weighted by molar-refractivity contribution is 0.282. The molecule has 0 aromatic heterocycles. The topological polar surface area (TPSA) is 82.1 Å². The Morgan fingerprint density at radius 2 is 2.20 bits per heavy atom. The first kappa shape index (κ1) is 14.6. The van der Waals surface area contributed by atoms with Gasteiger partial charge in [0.1, 0.15) is 5.82 Å². The first-order valence-electron chi connectivity index (χ1n) is 6.82. The number of nitrogens with zero attached hydrogens (tertiary/aromatic N) is 2. The summed E-state index contributed by atoms with van der Waals surface area (Å²) < 4.78 is 14.2. The summed E-state index contributed by atoms with van der Waals surface area (Å²) in [6.07, 6.45) is 3.86. The van der Waals surface area contributed by atoms with Crippen molar-refractivity contribution in [3.05, 3.63) is 29.6 Å². The van der Waals surface area contributed by atoms with Gasteiger partial charge in [0.05, 0.1) is 5.69 Å². The van der Waals surface area contributed by atoms with E-state index in [1.54, 1.807) is 12.1 Å². The maximum absolute atomic E-state index is 14.2. The van der Waals surface area contributed by atoms with Crippen LogP contribution in [0.5, 0.6) is 0 Å². The van der Waals surface area contributed by atoms with Crippen molar-refractivity contribution < 1.29 is 14.7 Å². The van der Waals surface area contributed by atoms with Crippen molar-refractivity contribution in [3.63, 3.8) is 0 Å². The van der Waals surface area contributed by atoms with Gasteiger partial charge in [-0.3, -0.25) is 0 Å². The highest BCUT2D eigenvalue weighted by atomic mass is 19.1. The number of hydrogen-bond donors (Lipinski definition) is 3. The fourth-order valence-corrected chi connectivity index (χ4v) is 2.40. The van der Waals surface area contributed by atoms with Gasteiger partial charge in [0.25, 0.3) is 0 Å². The van der Waals surface area contributed by atoms with Crippen LogP contribution in [-0.4, -0.2) is 35.3 Å². The molecule has 0 radical (unpaired) electrons. The summed E-state index contributed by atoms with van der Waals surface area (Å²) in [6.45, 7) is 0.716. The van der Waals surface area contributed by atoms with Crippen molar-refractivity contribution in [1.29, 1.82) is 0 Å². The third-order valence-corrected chi connectivity index (χ3v) is 3.73. The van der Waals surface area contributed by atoms with Gasteiger partial charge in [0.2, 0.25) is 0 Å². The molecule has 20 heavy (non-hydrogen) atoms. The minimum Gasteiger partial charge on any atom is -0.409 e. The molecule has 1 aromatic carbocycles. The molecule has 1 aromatic rings. The summed E-state index contributed by atoms with van der Waals surface area (Å²) in [5, 5.41) is 20.5. The third kappa shape index (κ3) is 3.01. The van der Waals surface area contributed by atoms with Crippen LogP contribution < -0.4 is 10.6 Å². The smallest absolute Gasteiger partial charge is 0.170 e. The molecule has 1 aliphatic carbocycles. The number of aliphatic hydroxyl groups excluding tert-OH is 1. The lowest BCUT2D eigenvalue weighted by Crippen LogP contribution is -2.41. The summed E-state index contributed by atoms with van der Waals surface area (Å²) in [7, 11) is 0. The zero-order valence-corrected chi connectivity index (χ0v) is 11.3. The van der Waals surface area contributed by atoms with Crippen molar-refractivity contribution in [2.45, 2.75) is 31.7 Å². The molecule has 1 fully saturated rings. The van der Waals surface area contributed by atoms with E-state index >= 15 is 0 Å². The van der Waals surface area contributed by atoms with E-state index in [0.29, 0.717) is 30.3 Å². The predicted molar refractivity (Wildman–Crippen MR) is 75.6 cm³/mol. The molecule has 0 atom stereocenters. The summed E-state index contributed by atoms with van der Waals surface area (Å²) in [5.41, 5.74) is 6.32. The summed E-state index contributed by atoms with van der Waals surface area (Å²) >= 11 is 0. The molecule has 0 unspecified atom stereocenters. The average Bonchev–Trinajstić information content (AvgIpc) is 2.40. The molecule has 2 rings (SSSR count). The SMILES string of the molecule is N/C(=N/O)c1ccc(N(CCCO)C2CCC2)c(F)c1. The first-order valence-corrected chi connectivity index (χ1v) is 6.82. The van der Waals surface area contributed by atoms with Gasteiger partial charge in [0, 0.05) is 24.8 Å². The summed E-state index contributed by atoms with van der Waals surface area (Å²) in [5.74, 6) is -0.500. The number of oxime groups is 1. The first-order chi connectivity index (χ1) is 9.67. The van der Waals surface area contributed by atoms with Gasteiger partial charge in [-0.1, -0.05) is 5.16 Å². The van der Waals surface area contributed by atoms with Gasteiger partial charge in [-0.2, -0.15) is 0 Å². The van der Waals surface area contributed by atoms with Crippen LogP contribution in [0.4, 0.5) is 10.1 Å². The van der Waals surface area contributed by atoms with Crippen LogP contribution in [0.1, 0.15) is 31.2 Å². The van der Waals surface area contributed by atoms with Crippen LogP contribution in [0, 0.1) is 5.82 Å². The van der Waals surface area contributed by atoms with Crippen molar-refractivity contribution in [3.8, 4) is 0 Å². The number of hydrogen-bond acceptors (Lipinski definition) is 4. The van der Waals surface area contributed by atoms with Gasteiger partial charge >= 0.3 is 0 Å². The second-order valence-corrected chi connectivity index (χ2v) is 5.01. The molecular weight excluding hydrogens is 261 g/mol. The quantitative estimate of drug-likeness (QED) is 0.320. The van der Waals surface area contributed by atoms with E-state index in [0.717, 1.165) is 19.3 Å². The Bertz CT molecular complexity index is 489.